The van der Waals surface area contributed by atoms with Crippen LogP contribution in [0.3, 0.4) is 0 Å². The number of nitrogens with one attached hydrogen (secondary N) is 1. The molecule has 0 aliphatic carbocycles. The lowest BCUT2D eigenvalue weighted by atomic mass is 10.00. The molecule has 0 aliphatic rings. The Kier molecular flexibility index (Phi) is 2.48. The summed E-state index contributed by atoms with van der Waals surface area (Å²) in [6, 6.07) is 17.9. The third kappa shape index (κ3) is 1.64. The Bertz CT molecular complexity index is 998. The van der Waals surface area contributed by atoms with E-state index in [1.165, 1.54) is 7.11 Å². The highest BCUT2D eigenvalue weighted by molar-refractivity contribution is 6.21. The van der Waals surface area contributed by atoms with Crippen LogP contribution in [0.4, 0.5) is 0 Å². The second-order valence-corrected chi connectivity index (χ2v) is 5.05. The van der Waals surface area contributed by atoms with Gasteiger partial charge in [-0.1, -0.05) is 42.5 Å². The Morgan fingerprint density at radius 1 is 0.905 bits per heavy atom. The molecule has 3 heteroatoms. The van der Waals surface area contributed by atoms with Crippen LogP contribution in [0.2, 0.25) is 0 Å². The molecule has 0 bridgehead atoms. The average Bonchev–Trinajstić information content (AvgIpc) is 2.92. The first-order valence-electron chi connectivity index (χ1n) is 6.80. The standard InChI is InChI=1S/C18H13NO2/c1-21-18(20)15-10-14-12-7-4-5-9-16(12)19-17(14)13-8-3-2-6-11(13)15/h2-10,19H,1H3. The van der Waals surface area contributed by atoms with Crippen LogP contribution in [0.1, 0.15) is 10.4 Å². The lowest BCUT2D eigenvalue weighted by Crippen LogP contribution is -2.02. The molecule has 0 aliphatic heterocycles. The van der Waals surface area contributed by atoms with E-state index >= 15 is 0 Å². The number of benzene rings is 3. The van der Waals surface area contributed by atoms with Crippen molar-refractivity contribution < 1.29 is 9.53 Å². The molecule has 0 spiro atoms. The van der Waals surface area contributed by atoms with Crippen LogP contribution in [0.15, 0.2) is 54.6 Å². The van der Waals surface area contributed by atoms with Gasteiger partial charge in [0.25, 0.3) is 0 Å². The van der Waals surface area contributed by atoms with Gasteiger partial charge in [0.2, 0.25) is 0 Å². The molecule has 0 fully saturated rings. The molecule has 21 heavy (non-hydrogen) atoms. The first kappa shape index (κ1) is 12.0. The lowest BCUT2D eigenvalue weighted by molar-refractivity contribution is 0.0603. The van der Waals surface area contributed by atoms with Crippen molar-refractivity contribution in [2.24, 2.45) is 0 Å². The summed E-state index contributed by atoms with van der Waals surface area (Å²) in [5.41, 5.74) is 2.73. The number of ether oxygens (including phenoxy) is 1. The summed E-state index contributed by atoms with van der Waals surface area (Å²) >= 11 is 0. The number of hydrogen-bond donors (Lipinski definition) is 1. The summed E-state index contributed by atoms with van der Waals surface area (Å²) in [4.78, 5) is 15.5. The van der Waals surface area contributed by atoms with Crippen molar-refractivity contribution in [3.8, 4) is 0 Å². The molecule has 3 nitrogen and oxygen atoms in total. The summed E-state index contributed by atoms with van der Waals surface area (Å²) in [6.07, 6.45) is 0. The quantitative estimate of drug-likeness (QED) is 0.527. The Morgan fingerprint density at radius 3 is 2.33 bits per heavy atom. The molecule has 0 radical (unpaired) electrons. The first-order valence-corrected chi connectivity index (χ1v) is 6.80. The molecule has 4 rings (SSSR count). The Balaban J connectivity index is 2.26. The van der Waals surface area contributed by atoms with Crippen LogP contribution in [0.25, 0.3) is 32.6 Å². The summed E-state index contributed by atoms with van der Waals surface area (Å²) < 4.78 is 4.93. The lowest BCUT2D eigenvalue weighted by Gasteiger charge is -2.06. The number of para-hydroxylation sites is 1. The van der Waals surface area contributed by atoms with Crippen molar-refractivity contribution in [3.63, 3.8) is 0 Å². The van der Waals surface area contributed by atoms with Gasteiger partial charge in [-0.25, -0.2) is 4.79 Å². The van der Waals surface area contributed by atoms with Crippen LogP contribution in [-0.2, 0) is 4.74 Å². The monoisotopic (exact) mass is 275 g/mol. The van der Waals surface area contributed by atoms with E-state index in [2.05, 4.69) is 11.1 Å². The van der Waals surface area contributed by atoms with Crippen LogP contribution >= 0.6 is 0 Å². The summed E-state index contributed by atoms with van der Waals surface area (Å²) in [6.45, 7) is 0. The van der Waals surface area contributed by atoms with E-state index in [9.17, 15) is 4.79 Å². The number of hydrogen-bond acceptors (Lipinski definition) is 2. The maximum Gasteiger partial charge on any atom is 0.338 e. The molecule has 0 unspecified atom stereocenters. The van der Waals surface area contributed by atoms with Crippen LogP contribution < -0.4 is 0 Å². The van der Waals surface area contributed by atoms with Gasteiger partial charge < -0.3 is 9.72 Å². The first-order chi connectivity index (χ1) is 10.3. The predicted molar refractivity (Wildman–Crippen MR) is 84.7 cm³/mol. The van der Waals surface area contributed by atoms with E-state index in [-0.39, 0.29) is 5.97 Å². The number of esters is 1. The summed E-state index contributed by atoms with van der Waals surface area (Å²) in [7, 11) is 1.41. The Morgan fingerprint density at radius 2 is 1.57 bits per heavy atom. The van der Waals surface area contributed by atoms with Gasteiger partial charge in [-0.3, -0.25) is 0 Å². The van der Waals surface area contributed by atoms with Crippen molar-refractivity contribution in [1.29, 1.82) is 0 Å². The highest BCUT2D eigenvalue weighted by Gasteiger charge is 2.15. The fourth-order valence-corrected chi connectivity index (χ4v) is 2.96. The maximum atomic E-state index is 12.1. The number of carbonyl (C=O) groups excluding carboxylic acids is 1. The molecule has 1 N–H and O–H groups in total. The van der Waals surface area contributed by atoms with Gasteiger partial charge in [-0.2, -0.15) is 0 Å². The molecule has 1 aromatic heterocycles. The number of methoxy groups -OCH3 is 1. The van der Waals surface area contributed by atoms with Gasteiger partial charge >= 0.3 is 5.97 Å². The molecular weight excluding hydrogens is 262 g/mol. The molecule has 0 saturated heterocycles. The predicted octanol–water partition coefficient (Wildman–Crippen LogP) is 4.26. The van der Waals surface area contributed by atoms with Gasteiger partial charge in [-0.05, 0) is 17.5 Å². The average molecular weight is 275 g/mol. The van der Waals surface area contributed by atoms with Crippen molar-refractivity contribution in [2.75, 3.05) is 7.11 Å². The van der Waals surface area contributed by atoms with E-state index in [4.69, 9.17) is 4.74 Å². The number of fused-ring (bicyclic) bond motifs is 5. The fraction of sp³-hybridized carbons (Fsp3) is 0.0556. The van der Waals surface area contributed by atoms with E-state index in [0.717, 1.165) is 32.6 Å². The summed E-state index contributed by atoms with van der Waals surface area (Å²) in [5.74, 6) is -0.307. The Hall–Kier alpha value is -2.81. The van der Waals surface area contributed by atoms with Crippen LogP contribution in [0.5, 0.6) is 0 Å². The van der Waals surface area contributed by atoms with Gasteiger partial charge in [0.15, 0.2) is 0 Å². The van der Waals surface area contributed by atoms with E-state index in [1.807, 2.05) is 48.5 Å². The van der Waals surface area contributed by atoms with Crippen molar-refractivity contribution in [1.82, 2.24) is 4.98 Å². The van der Waals surface area contributed by atoms with Gasteiger partial charge in [0.05, 0.1) is 18.2 Å². The van der Waals surface area contributed by atoms with Crippen molar-refractivity contribution >= 4 is 38.5 Å². The van der Waals surface area contributed by atoms with Gasteiger partial charge in [-0.15, -0.1) is 0 Å². The minimum atomic E-state index is -0.307. The highest BCUT2D eigenvalue weighted by atomic mass is 16.5. The molecule has 1 heterocycles. The van der Waals surface area contributed by atoms with Crippen molar-refractivity contribution in [2.45, 2.75) is 0 Å². The third-order valence-corrected chi connectivity index (χ3v) is 3.93. The zero-order valence-electron chi connectivity index (χ0n) is 11.5. The number of rotatable bonds is 1. The Labute approximate surface area is 121 Å². The topological polar surface area (TPSA) is 42.1 Å². The molecule has 0 atom stereocenters. The van der Waals surface area contributed by atoms with Crippen molar-refractivity contribution in [3.05, 3.63) is 60.2 Å². The van der Waals surface area contributed by atoms with Crippen LogP contribution in [0, 0.1) is 0 Å². The number of carbonyl (C=O) groups is 1. The van der Waals surface area contributed by atoms with E-state index < -0.39 is 0 Å². The fourth-order valence-electron chi connectivity index (χ4n) is 2.96. The van der Waals surface area contributed by atoms with Gasteiger partial charge in [0, 0.05) is 21.7 Å². The van der Waals surface area contributed by atoms with E-state index in [1.54, 1.807) is 0 Å². The molecule has 0 saturated carbocycles. The third-order valence-electron chi connectivity index (χ3n) is 3.93. The number of aromatic nitrogens is 1. The number of H-pyrrole nitrogens is 1. The largest absolute Gasteiger partial charge is 0.465 e. The molecule has 4 aromatic rings. The second kappa shape index (κ2) is 4.35. The SMILES string of the molecule is COC(=O)c1cc2c3ccccc3[nH]c2c2ccccc12. The minimum absolute atomic E-state index is 0.307. The van der Waals surface area contributed by atoms with Gasteiger partial charge in [0.1, 0.15) is 0 Å². The second-order valence-electron chi connectivity index (χ2n) is 5.05. The minimum Gasteiger partial charge on any atom is -0.465 e. The zero-order valence-corrected chi connectivity index (χ0v) is 11.5. The number of aromatic amines is 1. The molecule has 102 valence electrons. The molecule has 3 aromatic carbocycles. The highest BCUT2D eigenvalue weighted by Crippen LogP contribution is 2.33. The maximum absolute atomic E-state index is 12.1. The smallest absolute Gasteiger partial charge is 0.338 e. The normalized spacial score (nSPS) is 11.3. The van der Waals surface area contributed by atoms with E-state index in [0.29, 0.717) is 5.56 Å². The molecular formula is C18H13NO2. The summed E-state index contributed by atoms with van der Waals surface area (Å²) in [5, 5.41) is 4.10. The molecule has 0 amide bonds. The zero-order chi connectivity index (χ0) is 14.4. The van der Waals surface area contributed by atoms with Crippen LogP contribution in [-0.4, -0.2) is 18.1 Å².